The minimum Gasteiger partial charge on any atom is -0.385 e. The van der Waals surface area contributed by atoms with E-state index >= 15 is 0 Å². The van der Waals surface area contributed by atoms with Crippen molar-refractivity contribution in [1.29, 1.82) is 0 Å². The molecule has 1 N–H and O–H groups in total. The van der Waals surface area contributed by atoms with E-state index in [1.54, 1.807) is 7.11 Å². The Morgan fingerprint density at radius 3 is 2.36 bits per heavy atom. The molecule has 0 rings (SSSR count). The molecule has 2 unspecified atom stereocenters. The molecule has 0 aromatic heterocycles. The molecule has 2 nitrogen and oxygen atoms in total. The second kappa shape index (κ2) is 8.57. The fourth-order valence-corrected chi connectivity index (χ4v) is 1.58. The van der Waals surface area contributed by atoms with Crippen molar-refractivity contribution in [2.45, 2.75) is 38.5 Å². The molecular formula is C11H25NOS. The van der Waals surface area contributed by atoms with Gasteiger partial charge in [0.25, 0.3) is 0 Å². The van der Waals surface area contributed by atoms with Gasteiger partial charge in [0.2, 0.25) is 0 Å². The Balaban J connectivity index is 3.73. The quantitative estimate of drug-likeness (QED) is 0.677. The molecule has 0 fully saturated rings. The van der Waals surface area contributed by atoms with E-state index in [4.69, 9.17) is 4.74 Å². The molecule has 0 aliphatic carbocycles. The van der Waals surface area contributed by atoms with E-state index < -0.39 is 0 Å². The predicted molar refractivity (Wildman–Crippen MR) is 66.1 cm³/mol. The molecule has 0 radical (unpaired) electrons. The van der Waals surface area contributed by atoms with Crippen LogP contribution in [0.15, 0.2) is 0 Å². The first-order valence-electron chi connectivity index (χ1n) is 5.36. The number of hydrogen-bond acceptors (Lipinski definition) is 3. The molecule has 0 aliphatic rings. The topological polar surface area (TPSA) is 21.3 Å². The van der Waals surface area contributed by atoms with Crippen LogP contribution in [-0.4, -0.2) is 37.8 Å². The second-order valence-electron chi connectivity index (χ2n) is 4.09. The highest BCUT2D eigenvalue weighted by molar-refractivity contribution is 7.99. The Morgan fingerprint density at radius 1 is 1.29 bits per heavy atom. The fourth-order valence-electron chi connectivity index (χ4n) is 1.32. The van der Waals surface area contributed by atoms with Crippen molar-refractivity contribution in [1.82, 2.24) is 5.32 Å². The lowest BCUT2D eigenvalue weighted by molar-refractivity contribution is 0.174. The standard InChI is InChI=1S/C11H25NOS/c1-9(2)11(6-7-13-4)12-8-10(3)14-5/h9-12H,6-8H2,1-5H3. The Labute approximate surface area is 93.2 Å². The maximum atomic E-state index is 5.11. The highest BCUT2D eigenvalue weighted by Crippen LogP contribution is 2.09. The van der Waals surface area contributed by atoms with Gasteiger partial charge in [-0.2, -0.15) is 11.8 Å². The summed E-state index contributed by atoms with van der Waals surface area (Å²) in [4.78, 5) is 0. The van der Waals surface area contributed by atoms with Gasteiger partial charge in [0.05, 0.1) is 0 Å². The van der Waals surface area contributed by atoms with Gasteiger partial charge >= 0.3 is 0 Å². The van der Waals surface area contributed by atoms with Crippen LogP contribution in [0.3, 0.4) is 0 Å². The van der Waals surface area contributed by atoms with Gasteiger partial charge in [0.1, 0.15) is 0 Å². The lowest BCUT2D eigenvalue weighted by atomic mass is 10.0. The molecule has 0 aromatic carbocycles. The molecule has 14 heavy (non-hydrogen) atoms. The molecule has 0 bridgehead atoms. The number of methoxy groups -OCH3 is 1. The minimum absolute atomic E-state index is 0.588. The highest BCUT2D eigenvalue weighted by Gasteiger charge is 2.13. The molecule has 0 aromatic rings. The largest absolute Gasteiger partial charge is 0.385 e. The lowest BCUT2D eigenvalue weighted by Crippen LogP contribution is -2.38. The van der Waals surface area contributed by atoms with Crippen LogP contribution >= 0.6 is 11.8 Å². The van der Waals surface area contributed by atoms with Gasteiger partial charge in [-0.15, -0.1) is 0 Å². The van der Waals surface area contributed by atoms with Crippen LogP contribution in [0, 0.1) is 5.92 Å². The van der Waals surface area contributed by atoms with Gasteiger partial charge in [-0.1, -0.05) is 20.8 Å². The number of nitrogens with one attached hydrogen (secondary N) is 1. The van der Waals surface area contributed by atoms with Crippen LogP contribution in [0.5, 0.6) is 0 Å². The lowest BCUT2D eigenvalue weighted by Gasteiger charge is -2.23. The Morgan fingerprint density at radius 2 is 1.93 bits per heavy atom. The van der Waals surface area contributed by atoms with Crippen LogP contribution in [-0.2, 0) is 4.74 Å². The van der Waals surface area contributed by atoms with Crippen molar-refractivity contribution in [3.63, 3.8) is 0 Å². The van der Waals surface area contributed by atoms with Gasteiger partial charge in [-0.3, -0.25) is 0 Å². The van der Waals surface area contributed by atoms with Gasteiger partial charge in [-0.05, 0) is 18.6 Å². The molecule has 2 atom stereocenters. The smallest absolute Gasteiger partial charge is 0.0477 e. The third kappa shape index (κ3) is 6.68. The fraction of sp³-hybridized carbons (Fsp3) is 1.00. The average molecular weight is 219 g/mol. The SMILES string of the molecule is COCCC(NCC(C)SC)C(C)C. The van der Waals surface area contributed by atoms with Crippen LogP contribution in [0.4, 0.5) is 0 Å². The van der Waals surface area contributed by atoms with Gasteiger partial charge in [0.15, 0.2) is 0 Å². The molecule has 3 heteroatoms. The number of rotatable bonds is 8. The third-order valence-corrected chi connectivity index (χ3v) is 3.48. The molecular weight excluding hydrogens is 194 g/mol. The van der Waals surface area contributed by atoms with E-state index in [1.165, 1.54) is 0 Å². The molecule has 0 saturated carbocycles. The van der Waals surface area contributed by atoms with E-state index in [9.17, 15) is 0 Å². The van der Waals surface area contributed by atoms with Crippen molar-refractivity contribution in [3.05, 3.63) is 0 Å². The van der Waals surface area contributed by atoms with E-state index in [1.807, 2.05) is 11.8 Å². The maximum absolute atomic E-state index is 5.11. The maximum Gasteiger partial charge on any atom is 0.0477 e. The monoisotopic (exact) mass is 219 g/mol. The van der Waals surface area contributed by atoms with E-state index in [0.717, 1.165) is 19.6 Å². The normalized spacial score (nSPS) is 15.9. The second-order valence-corrected chi connectivity index (χ2v) is 5.36. The first kappa shape index (κ1) is 14.3. The van der Waals surface area contributed by atoms with Crippen LogP contribution < -0.4 is 5.32 Å². The van der Waals surface area contributed by atoms with Crippen molar-refractivity contribution >= 4 is 11.8 Å². The van der Waals surface area contributed by atoms with Gasteiger partial charge in [-0.25, -0.2) is 0 Å². The summed E-state index contributed by atoms with van der Waals surface area (Å²) in [5, 5.41) is 4.30. The molecule has 0 spiro atoms. The zero-order valence-corrected chi connectivity index (χ0v) is 11.0. The van der Waals surface area contributed by atoms with E-state index in [-0.39, 0.29) is 0 Å². The van der Waals surface area contributed by atoms with Crippen molar-refractivity contribution in [2.24, 2.45) is 5.92 Å². The third-order valence-electron chi connectivity index (χ3n) is 2.51. The molecule has 0 amide bonds. The number of ether oxygens (including phenoxy) is 1. The summed E-state index contributed by atoms with van der Waals surface area (Å²) in [7, 11) is 1.77. The van der Waals surface area contributed by atoms with Gasteiger partial charge < -0.3 is 10.1 Å². The predicted octanol–water partition coefficient (Wildman–Crippen LogP) is 2.39. The molecule has 0 heterocycles. The summed E-state index contributed by atoms with van der Waals surface area (Å²) in [6, 6.07) is 0.588. The molecule has 0 aliphatic heterocycles. The summed E-state index contributed by atoms with van der Waals surface area (Å²) in [6.07, 6.45) is 3.27. The Hall–Kier alpha value is 0.270. The van der Waals surface area contributed by atoms with E-state index in [2.05, 4.69) is 32.3 Å². The Kier molecular flexibility index (Phi) is 8.73. The summed E-state index contributed by atoms with van der Waals surface area (Å²) in [6.45, 7) is 8.72. The van der Waals surface area contributed by atoms with Crippen molar-refractivity contribution in [2.75, 3.05) is 26.5 Å². The van der Waals surface area contributed by atoms with Crippen LogP contribution in [0.2, 0.25) is 0 Å². The number of thioether (sulfide) groups is 1. The summed E-state index contributed by atoms with van der Waals surface area (Å²) in [5.41, 5.74) is 0. The van der Waals surface area contributed by atoms with Crippen molar-refractivity contribution < 1.29 is 4.74 Å². The summed E-state index contributed by atoms with van der Waals surface area (Å²) >= 11 is 1.91. The first-order valence-corrected chi connectivity index (χ1v) is 6.65. The Bertz CT molecular complexity index is 130. The van der Waals surface area contributed by atoms with E-state index in [0.29, 0.717) is 17.2 Å². The summed E-state index contributed by atoms with van der Waals surface area (Å²) < 4.78 is 5.11. The van der Waals surface area contributed by atoms with Gasteiger partial charge in [0, 0.05) is 31.6 Å². The zero-order valence-electron chi connectivity index (χ0n) is 10.2. The minimum atomic E-state index is 0.588. The highest BCUT2D eigenvalue weighted by atomic mass is 32.2. The van der Waals surface area contributed by atoms with Crippen molar-refractivity contribution in [3.8, 4) is 0 Å². The molecule has 86 valence electrons. The average Bonchev–Trinajstić information content (AvgIpc) is 2.16. The number of hydrogen-bond donors (Lipinski definition) is 1. The summed E-state index contributed by atoms with van der Waals surface area (Å²) in [5.74, 6) is 0.680. The first-order chi connectivity index (χ1) is 6.61. The van der Waals surface area contributed by atoms with Crippen LogP contribution in [0.1, 0.15) is 27.2 Å². The molecule has 0 saturated heterocycles. The van der Waals surface area contributed by atoms with Crippen LogP contribution in [0.25, 0.3) is 0 Å². The zero-order chi connectivity index (χ0) is 11.0.